The van der Waals surface area contributed by atoms with Gasteiger partial charge in [0.25, 0.3) is 0 Å². The van der Waals surface area contributed by atoms with E-state index >= 15 is 0 Å². The molecule has 2 rings (SSSR count). The van der Waals surface area contributed by atoms with Crippen LogP contribution in [0.1, 0.15) is 16.7 Å². The zero-order chi connectivity index (χ0) is 13.3. The maximum Gasteiger partial charge on any atom is 0.208 e. The highest BCUT2D eigenvalue weighted by atomic mass is 16.8. The SMILES string of the molecule is Cc1ccccc1[N+](O)(O)c1cccc(C)c1C. The van der Waals surface area contributed by atoms with Crippen molar-refractivity contribution in [3.8, 4) is 0 Å². The molecule has 0 unspecified atom stereocenters. The van der Waals surface area contributed by atoms with Crippen molar-refractivity contribution >= 4 is 11.4 Å². The molecule has 0 bridgehead atoms. The molecule has 0 atom stereocenters. The molecule has 94 valence electrons. The first kappa shape index (κ1) is 12.8. The van der Waals surface area contributed by atoms with Gasteiger partial charge in [0.05, 0.1) is 0 Å². The third kappa shape index (κ3) is 2.04. The largest absolute Gasteiger partial charge is 0.208 e. The fraction of sp³-hybridized carbons (Fsp3) is 0.200. The maximum absolute atomic E-state index is 10.4. The lowest BCUT2D eigenvalue weighted by Crippen LogP contribution is -2.37. The summed E-state index contributed by atoms with van der Waals surface area (Å²) in [5.41, 5.74) is 3.69. The van der Waals surface area contributed by atoms with E-state index in [0.717, 1.165) is 16.7 Å². The molecule has 0 aliphatic heterocycles. The van der Waals surface area contributed by atoms with Crippen LogP contribution >= 0.6 is 0 Å². The Labute approximate surface area is 107 Å². The summed E-state index contributed by atoms with van der Waals surface area (Å²) in [6, 6.07) is 12.8. The first-order chi connectivity index (χ1) is 8.44. The van der Waals surface area contributed by atoms with Crippen molar-refractivity contribution in [2.75, 3.05) is 0 Å². The molecule has 2 aromatic carbocycles. The first-order valence-corrected chi connectivity index (χ1v) is 5.92. The van der Waals surface area contributed by atoms with Crippen molar-refractivity contribution in [1.82, 2.24) is 4.81 Å². The molecule has 0 aromatic heterocycles. The molecule has 0 saturated carbocycles. The molecule has 18 heavy (non-hydrogen) atoms. The van der Waals surface area contributed by atoms with E-state index in [-0.39, 0.29) is 0 Å². The van der Waals surface area contributed by atoms with E-state index in [0.29, 0.717) is 11.4 Å². The minimum atomic E-state index is -1.21. The summed E-state index contributed by atoms with van der Waals surface area (Å²) in [6.07, 6.45) is 0. The van der Waals surface area contributed by atoms with E-state index < -0.39 is 4.81 Å². The molecule has 0 fully saturated rings. The first-order valence-electron chi connectivity index (χ1n) is 5.92. The van der Waals surface area contributed by atoms with Gasteiger partial charge < -0.3 is 0 Å². The number of hydrogen-bond donors (Lipinski definition) is 2. The summed E-state index contributed by atoms with van der Waals surface area (Å²) in [4.78, 5) is -1.21. The molecule has 0 aliphatic carbocycles. The van der Waals surface area contributed by atoms with Crippen LogP contribution in [-0.2, 0) is 0 Å². The van der Waals surface area contributed by atoms with Gasteiger partial charge in [-0.1, -0.05) is 30.3 Å². The van der Waals surface area contributed by atoms with Gasteiger partial charge in [0.2, 0.25) is 11.4 Å². The van der Waals surface area contributed by atoms with Crippen LogP contribution in [-0.4, -0.2) is 10.4 Å². The number of nitrogens with zero attached hydrogens (tertiary/aromatic N) is 1. The second-order valence-electron chi connectivity index (χ2n) is 4.61. The average Bonchev–Trinajstić information content (AvgIpc) is 2.32. The number of quaternary nitrogens is 1. The fourth-order valence-electron chi connectivity index (χ4n) is 2.12. The van der Waals surface area contributed by atoms with E-state index in [4.69, 9.17) is 0 Å². The van der Waals surface area contributed by atoms with E-state index in [1.807, 2.05) is 45.0 Å². The van der Waals surface area contributed by atoms with Crippen LogP contribution in [0.3, 0.4) is 0 Å². The van der Waals surface area contributed by atoms with Gasteiger partial charge in [0.1, 0.15) is 0 Å². The standard InChI is InChI=1S/C15H18NO2/c1-11-8-6-10-15(13(11)3)16(17,18)14-9-5-4-7-12(14)2/h4-10,17-18H,1-3H3/q+1. The molecule has 0 heterocycles. The summed E-state index contributed by atoms with van der Waals surface area (Å²) >= 11 is 0. The molecule has 0 saturated heterocycles. The minimum absolute atomic E-state index is 0.464. The zero-order valence-corrected chi connectivity index (χ0v) is 10.9. The van der Waals surface area contributed by atoms with Gasteiger partial charge in [0.15, 0.2) is 0 Å². The van der Waals surface area contributed by atoms with E-state index in [1.165, 1.54) is 0 Å². The Balaban J connectivity index is 2.62. The zero-order valence-electron chi connectivity index (χ0n) is 10.9. The summed E-state index contributed by atoms with van der Waals surface area (Å²) in [5, 5.41) is 20.9. The van der Waals surface area contributed by atoms with Crippen LogP contribution in [0.25, 0.3) is 0 Å². The van der Waals surface area contributed by atoms with Gasteiger partial charge in [-0.2, -0.15) is 10.4 Å². The smallest absolute Gasteiger partial charge is 0.171 e. The molecule has 3 nitrogen and oxygen atoms in total. The van der Waals surface area contributed by atoms with Crippen LogP contribution in [0.4, 0.5) is 11.4 Å². The van der Waals surface area contributed by atoms with Gasteiger partial charge in [-0.3, -0.25) is 0 Å². The predicted octanol–water partition coefficient (Wildman–Crippen LogP) is 4.03. The van der Waals surface area contributed by atoms with Crippen LogP contribution in [0.5, 0.6) is 0 Å². The second-order valence-corrected chi connectivity index (χ2v) is 4.61. The van der Waals surface area contributed by atoms with Crippen LogP contribution in [0.15, 0.2) is 42.5 Å². The molecule has 0 spiro atoms. The van der Waals surface area contributed by atoms with Crippen molar-refractivity contribution < 1.29 is 10.4 Å². The van der Waals surface area contributed by atoms with Gasteiger partial charge in [-0.05, 0) is 26.3 Å². The third-order valence-electron chi connectivity index (χ3n) is 3.36. The number of hydrogen-bond acceptors (Lipinski definition) is 2. The second kappa shape index (κ2) is 4.53. The fourth-order valence-corrected chi connectivity index (χ4v) is 2.12. The van der Waals surface area contributed by atoms with Gasteiger partial charge in [0, 0.05) is 28.1 Å². The Morgan fingerprint density at radius 2 is 1.28 bits per heavy atom. The Morgan fingerprint density at radius 1 is 0.722 bits per heavy atom. The normalized spacial score (nSPS) is 11.6. The monoisotopic (exact) mass is 244 g/mol. The van der Waals surface area contributed by atoms with Crippen LogP contribution in [0.2, 0.25) is 0 Å². The molecule has 0 radical (unpaired) electrons. The lowest BCUT2D eigenvalue weighted by atomic mass is 10.1. The van der Waals surface area contributed by atoms with Gasteiger partial charge in [-0.25, -0.2) is 0 Å². The minimum Gasteiger partial charge on any atom is -0.171 e. The quantitative estimate of drug-likeness (QED) is 0.618. The molecule has 2 N–H and O–H groups in total. The molecule has 2 aromatic rings. The van der Waals surface area contributed by atoms with Crippen LogP contribution in [0, 0.1) is 20.8 Å². The van der Waals surface area contributed by atoms with Gasteiger partial charge >= 0.3 is 0 Å². The molecular formula is C15H18NO2+. The summed E-state index contributed by atoms with van der Waals surface area (Å²) in [5.74, 6) is 0. The topological polar surface area (TPSA) is 40.5 Å². The predicted molar refractivity (Wildman–Crippen MR) is 72.1 cm³/mol. The summed E-state index contributed by atoms with van der Waals surface area (Å²) < 4.78 is 0. The highest BCUT2D eigenvalue weighted by Gasteiger charge is 2.34. The molecule has 0 amide bonds. The highest BCUT2D eigenvalue weighted by Crippen LogP contribution is 2.35. The summed E-state index contributed by atoms with van der Waals surface area (Å²) in [7, 11) is 0. The van der Waals surface area contributed by atoms with E-state index in [1.54, 1.807) is 18.2 Å². The third-order valence-corrected chi connectivity index (χ3v) is 3.36. The van der Waals surface area contributed by atoms with E-state index in [2.05, 4.69) is 0 Å². The van der Waals surface area contributed by atoms with Gasteiger partial charge in [-0.15, -0.1) is 0 Å². The summed E-state index contributed by atoms with van der Waals surface area (Å²) in [6.45, 7) is 5.71. The van der Waals surface area contributed by atoms with Crippen LogP contribution < -0.4 is 4.81 Å². The highest BCUT2D eigenvalue weighted by molar-refractivity contribution is 5.61. The number of benzene rings is 2. The Kier molecular flexibility index (Phi) is 3.22. The Morgan fingerprint density at radius 3 is 1.94 bits per heavy atom. The van der Waals surface area contributed by atoms with Crippen molar-refractivity contribution in [3.63, 3.8) is 0 Å². The molecule has 3 heteroatoms. The Hall–Kier alpha value is -1.68. The van der Waals surface area contributed by atoms with Crippen molar-refractivity contribution in [2.45, 2.75) is 20.8 Å². The lowest BCUT2D eigenvalue weighted by Gasteiger charge is -2.23. The number of rotatable bonds is 2. The molecule has 0 aliphatic rings. The molecular weight excluding hydrogens is 226 g/mol. The maximum atomic E-state index is 10.4. The van der Waals surface area contributed by atoms with E-state index in [9.17, 15) is 10.4 Å². The number of para-hydroxylation sites is 1. The Bertz CT molecular complexity index is 576. The van der Waals surface area contributed by atoms with Crippen molar-refractivity contribution in [2.24, 2.45) is 0 Å². The average molecular weight is 244 g/mol. The number of aryl methyl sites for hydroxylation is 2. The van der Waals surface area contributed by atoms with Crippen molar-refractivity contribution in [3.05, 3.63) is 59.2 Å². The van der Waals surface area contributed by atoms with Crippen molar-refractivity contribution in [1.29, 1.82) is 0 Å². The lowest BCUT2D eigenvalue weighted by molar-refractivity contribution is -0.245.